The molecule has 128 valence electrons. The van der Waals surface area contributed by atoms with Crippen LogP contribution in [0, 0.1) is 0 Å². The molecule has 6 nitrogen and oxygen atoms in total. The van der Waals surface area contributed by atoms with Crippen molar-refractivity contribution in [3.8, 4) is 11.5 Å². The Hall–Kier alpha value is -3.28. The van der Waals surface area contributed by atoms with Crippen molar-refractivity contribution in [1.29, 1.82) is 0 Å². The van der Waals surface area contributed by atoms with E-state index in [9.17, 15) is 9.90 Å². The number of carbonyl (C=O) groups is 1. The molecule has 1 aliphatic heterocycles. The monoisotopic (exact) mass is 338 g/mol. The number of anilines is 1. The van der Waals surface area contributed by atoms with Gasteiger partial charge in [0, 0.05) is 0 Å². The van der Waals surface area contributed by atoms with Crippen LogP contribution in [0.3, 0.4) is 0 Å². The normalized spacial score (nSPS) is 15.4. The van der Waals surface area contributed by atoms with Crippen LogP contribution in [0.5, 0.6) is 11.5 Å². The van der Waals surface area contributed by atoms with Crippen LogP contribution in [-0.2, 0) is 0 Å². The molecule has 0 aromatic heterocycles. The fraction of sp³-hybridized carbons (Fsp3) is 0.158. The van der Waals surface area contributed by atoms with Crippen LogP contribution >= 0.6 is 0 Å². The van der Waals surface area contributed by atoms with Gasteiger partial charge in [-0.15, -0.1) is 0 Å². The van der Waals surface area contributed by atoms with E-state index in [0.717, 1.165) is 22.5 Å². The molecule has 2 aromatic rings. The van der Waals surface area contributed by atoms with E-state index in [2.05, 4.69) is 5.10 Å². The number of rotatable bonds is 4. The minimum Gasteiger partial charge on any atom is -0.504 e. The van der Waals surface area contributed by atoms with Crippen molar-refractivity contribution in [3.63, 3.8) is 0 Å². The van der Waals surface area contributed by atoms with E-state index in [0.29, 0.717) is 12.3 Å². The fourth-order valence-corrected chi connectivity index (χ4v) is 2.62. The molecule has 25 heavy (non-hydrogen) atoms. The fourth-order valence-electron chi connectivity index (χ4n) is 2.62. The predicted octanol–water partition coefficient (Wildman–Crippen LogP) is 3.38. The summed E-state index contributed by atoms with van der Waals surface area (Å²) in [7, 11) is 1.51. The maximum atomic E-state index is 10.9. The largest absolute Gasteiger partial charge is 0.504 e. The molecule has 0 fully saturated rings. The van der Waals surface area contributed by atoms with Gasteiger partial charge in [-0.05, 0) is 60.5 Å². The first-order chi connectivity index (χ1) is 12.0. The van der Waals surface area contributed by atoms with Crippen molar-refractivity contribution >= 4 is 23.4 Å². The Labute approximate surface area is 145 Å². The quantitative estimate of drug-likeness (QED) is 0.893. The highest BCUT2D eigenvalue weighted by Crippen LogP contribution is 2.29. The Morgan fingerprint density at radius 2 is 1.96 bits per heavy atom. The number of phenolic OH excluding ortho intramolecular Hbond substituents is 1. The number of phenols is 1. The van der Waals surface area contributed by atoms with Crippen LogP contribution in [0.2, 0.25) is 0 Å². The summed E-state index contributed by atoms with van der Waals surface area (Å²) in [6, 6.07) is 11.8. The van der Waals surface area contributed by atoms with Gasteiger partial charge >= 0.3 is 5.97 Å². The number of hydrazone groups is 1. The molecular formula is C19H18N2O4. The van der Waals surface area contributed by atoms with Crippen LogP contribution in [0.4, 0.5) is 5.69 Å². The molecule has 0 saturated heterocycles. The summed E-state index contributed by atoms with van der Waals surface area (Å²) in [5.74, 6) is -0.431. The maximum absolute atomic E-state index is 10.9. The van der Waals surface area contributed by atoms with E-state index in [1.165, 1.54) is 7.11 Å². The van der Waals surface area contributed by atoms with E-state index in [1.54, 1.807) is 36.4 Å². The molecule has 3 rings (SSSR count). The van der Waals surface area contributed by atoms with Gasteiger partial charge in [0.05, 0.1) is 30.6 Å². The molecule has 2 aromatic carbocycles. The van der Waals surface area contributed by atoms with Gasteiger partial charge < -0.3 is 14.9 Å². The third kappa shape index (κ3) is 3.47. The zero-order valence-corrected chi connectivity index (χ0v) is 13.9. The smallest absolute Gasteiger partial charge is 0.335 e. The third-order valence-corrected chi connectivity index (χ3v) is 4.01. The topological polar surface area (TPSA) is 82.4 Å². The molecule has 0 spiro atoms. The molecule has 0 aliphatic carbocycles. The van der Waals surface area contributed by atoms with Gasteiger partial charge in [0.15, 0.2) is 11.5 Å². The summed E-state index contributed by atoms with van der Waals surface area (Å²) in [4.78, 5) is 10.9. The molecule has 0 unspecified atom stereocenters. The molecule has 0 saturated carbocycles. The predicted molar refractivity (Wildman–Crippen MR) is 96.5 cm³/mol. The lowest BCUT2D eigenvalue weighted by Crippen LogP contribution is -2.13. The average Bonchev–Trinajstić information content (AvgIpc) is 2.97. The minimum absolute atomic E-state index is 0.0987. The van der Waals surface area contributed by atoms with Crippen molar-refractivity contribution in [1.82, 2.24) is 0 Å². The molecule has 0 radical (unpaired) electrons. The Balaban J connectivity index is 1.82. The van der Waals surface area contributed by atoms with E-state index in [-0.39, 0.29) is 11.3 Å². The molecule has 1 aliphatic rings. The van der Waals surface area contributed by atoms with Crippen molar-refractivity contribution in [2.75, 3.05) is 18.7 Å². The summed E-state index contributed by atoms with van der Waals surface area (Å²) in [5.41, 5.74) is 3.90. The summed E-state index contributed by atoms with van der Waals surface area (Å²) >= 11 is 0. The van der Waals surface area contributed by atoms with Crippen molar-refractivity contribution in [2.45, 2.75) is 6.92 Å². The van der Waals surface area contributed by atoms with Gasteiger partial charge in [0.2, 0.25) is 0 Å². The first kappa shape index (κ1) is 16.6. The molecule has 1 heterocycles. The number of hydrogen-bond acceptors (Lipinski definition) is 5. The third-order valence-electron chi connectivity index (χ3n) is 4.01. The number of methoxy groups -OCH3 is 1. The van der Waals surface area contributed by atoms with Gasteiger partial charge in [-0.1, -0.05) is 6.07 Å². The van der Waals surface area contributed by atoms with Crippen LogP contribution < -0.4 is 9.75 Å². The first-order valence-electron chi connectivity index (χ1n) is 7.72. The number of carboxylic acids is 1. The Morgan fingerprint density at radius 3 is 2.60 bits per heavy atom. The van der Waals surface area contributed by atoms with Gasteiger partial charge in [0.25, 0.3) is 0 Å². The second-order valence-corrected chi connectivity index (χ2v) is 5.70. The van der Waals surface area contributed by atoms with Crippen LogP contribution in [0.25, 0.3) is 6.08 Å². The van der Waals surface area contributed by atoms with Crippen LogP contribution in [0.1, 0.15) is 22.8 Å². The molecule has 0 bridgehead atoms. The van der Waals surface area contributed by atoms with E-state index < -0.39 is 5.97 Å². The van der Waals surface area contributed by atoms with E-state index in [4.69, 9.17) is 9.84 Å². The van der Waals surface area contributed by atoms with E-state index >= 15 is 0 Å². The van der Waals surface area contributed by atoms with Crippen molar-refractivity contribution < 1.29 is 19.7 Å². The summed E-state index contributed by atoms with van der Waals surface area (Å²) in [5, 5.41) is 25.0. The second kappa shape index (κ2) is 6.68. The maximum Gasteiger partial charge on any atom is 0.335 e. The first-order valence-corrected chi connectivity index (χ1v) is 7.72. The van der Waals surface area contributed by atoms with Gasteiger partial charge in [-0.3, -0.25) is 5.01 Å². The van der Waals surface area contributed by atoms with Crippen LogP contribution in [0.15, 0.2) is 53.1 Å². The number of benzene rings is 2. The number of aromatic carboxylic acids is 1. The Kier molecular flexibility index (Phi) is 4.43. The Morgan fingerprint density at radius 1 is 1.24 bits per heavy atom. The minimum atomic E-state index is -0.950. The lowest BCUT2D eigenvalue weighted by molar-refractivity contribution is 0.0697. The van der Waals surface area contributed by atoms with Gasteiger partial charge in [0.1, 0.15) is 0 Å². The second-order valence-electron chi connectivity index (χ2n) is 5.70. The molecule has 0 atom stereocenters. The van der Waals surface area contributed by atoms with Crippen molar-refractivity contribution in [2.24, 2.45) is 5.10 Å². The summed E-state index contributed by atoms with van der Waals surface area (Å²) < 4.78 is 5.13. The number of nitrogens with zero attached hydrogens (tertiary/aromatic N) is 2. The lowest BCUT2D eigenvalue weighted by Gasteiger charge is -2.13. The molecule has 0 amide bonds. The highest BCUT2D eigenvalue weighted by atomic mass is 16.5. The van der Waals surface area contributed by atoms with Crippen LogP contribution in [-0.4, -0.2) is 35.5 Å². The SMILES string of the molecule is COc1cc(C=C2CN(c3ccc(C(=O)O)cc3)N=C2C)ccc1O. The average molecular weight is 338 g/mol. The number of aromatic hydroxyl groups is 1. The molecular weight excluding hydrogens is 320 g/mol. The molecule has 2 N–H and O–H groups in total. The highest BCUT2D eigenvalue weighted by molar-refractivity contribution is 6.05. The number of carboxylic acid groups (broad SMARTS) is 1. The Bertz CT molecular complexity index is 869. The summed E-state index contributed by atoms with van der Waals surface area (Å²) in [6.45, 7) is 2.51. The number of hydrogen-bond donors (Lipinski definition) is 2. The van der Waals surface area contributed by atoms with E-state index in [1.807, 2.05) is 24.1 Å². The summed E-state index contributed by atoms with van der Waals surface area (Å²) in [6.07, 6.45) is 1.99. The molecule has 6 heteroatoms. The van der Waals surface area contributed by atoms with Gasteiger partial charge in [-0.2, -0.15) is 5.10 Å². The number of ether oxygens (including phenoxy) is 1. The zero-order valence-electron chi connectivity index (χ0n) is 13.9. The van der Waals surface area contributed by atoms with Gasteiger partial charge in [-0.25, -0.2) is 4.79 Å². The standard InChI is InChI=1S/C19H18N2O4/c1-12-15(9-13-3-8-17(22)18(10-13)25-2)11-21(20-12)16-6-4-14(5-7-16)19(23)24/h3-10,22H,11H2,1-2H3,(H,23,24). The highest BCUT2D eigenvalue weighted by Gasteiger charge is 2.18. The lowest BCUT2D eigenvalue weighted by atomic mass is 10.1. The zero-order chi connectivity index (χ0) is 18.0. The van der Waals surface area contributed by atoms with Crippen molar-refractivity contribution in [3.05, 3.63) is 59.2 Å².